The molecule has 2 N–H and O–H groups in total. The summed E-state index contributed by atoms with van der Waals surface area (Å²) >= 11 is 0. The zero-order chi connectivity index (χ0) is 20.9. The van der Waals surface area contributed by atoms with Crippen LogP contribution in [0.2, 0.25) is 0 Å². The van der Waals surface area contributed by atoms with E-state index in [2.05, 4.69) is 0 Å². The average Bonchev–Trinajstić information content (AvgIpc) is 3.32. The molecule has 1 aliphatic carbocycles. The SMILES string of the molecule is CC1(S(=O)(=O)NC(=O)c2ccc(C(=O)O)c(F)c2N2CCCC(F)(F)C2)CC1. The number of aromatic carboxylic acids is 1. The van der Waals surface area contributed by atoms with Crippen LogP contribution in [0.5, 0.6) is 0 Å². The van der Waals surface area contributed by atoms with Crippen molar-refractivity contribution in [2.24, 2.45) is 0 Å². The number of hydrogen-bond donors (Lipinski definition) is 2. The Morgan fingerprint density at radius 2 is 1.79 bits per heavy atom. The Kier molecular flexibility index (Phi) is 4.85. The van der Waals surface area contributed by atoms with Crippen molar-refractivity contribution >= 4 is 27.6 Å². The van der Waals surface area contributed by atoms with Crippen molar-refractivity contribution in [2.45, 2.75) is 43.3 Å². The minimum Gasteiger partial charge on any atom is -0.478 e. The summed E-state index contributed by atoms with van der Waals surface area (Å²) in [5, 5.41) is 9.12. The highest BCUT2D eigenvalue weighted by atomic mass is 32.2. The Morgan fingerprint density at radius 3 is 2.32 bits per heavy atom. The van der Waals surface area contributed by atoms with E-state index in [0.717, 1.165) is 17.0 Å². The first-order valence-electron chi connectivity index (χ1n) is 8.62. The van der Waals surface area contributed by atoms with Crippen molar-refractivity contribution in [1.82, 2.24) is 4.72 Å². The van der Waals surface area contributed by atoms with E-state index in [0.29, 0.717) is 12.8 Å². The molecule has 1 heterocycles. The normalized spacial score (nSPS) is 20.5. The molecule has 154 valence electrons. The van der Waals surface area contributed by atoms with Gasteiger partial charge in [0, 0.05) is 13.0 Å². The fourth-order valence-corrected chi connectivity index (χ4v) is 4.36. The third-order valence-electron chi connectivity index (χ3n) is 5.13. The summed E-state index contributed by atoms with van der Waals surface area (Å²) in [4.78, 5) is 24.7. The topological polar surface area (TPSA) is 104 Å². The number of piperidine rings is 1. The highest BCUT2D eigenvalue weighted by Gasteiger charge is 2.51. The summed E-state index contributed by atoms with van der Waals surface area (Å²) in [5.74, 6) is -7.32. The van der Waals surface area contributed by atoms with Crippen LogP contribution < -0.4 is 9.62 Å². The molecule has 1 aliphatic heterocycles. The van der Waals surface area contributed by atoms with Crippen molar-refractivity contribution < 1.29 is 36.3 Å². The van der Waals surface area contributed by atoms with Crippen LogP contribution >= 0.6 is 0 Å². The van der Waals surface area contributed by atoms with Crippen molar-refractivity contribution in [3.8, 4) is 0 Å². The van der Waals surface area contributed by atoms with Crippen molar-refractivity contribution in [2.75, 3.05) is 18.0 Å². The molecule has 0 aromatic heterocycles. The lowest BCUT2D eigenvalue weighted by Crippen LogP contribution is -2.45. The number of amides is 1. The fraction of sp³-hybridized carbons (Fsp3) is 0.529. The molecule has 28 heavy (non-hydrogen) atoms. The van der Waals surface area contributed by atoms with Gasteiger partial charge in [-0.05, 0) is 38.3 Å². The second-order valence-corrected chi connectivity index (χ2v) is 9.59. The van der Waals surface area contributed by atoms with Gasteiger partial charge < -0.3 is 10.0 Å². The van der Waals surface area contributed by atoms with Gasteiger partial charge in [-0.1, -0.05) is 0 Å². The largest absolute Gasteiger partial charge is 0.478 e. The van der Waals surface area contributed by atoms with Gasteiger partial charge in [-0.2, -0.15) is 0 Å². The molecule has 1 amide bonds. The van der Waals surface area contributed by atoms with Gasteiger partial charge in [-0.3, -0.25) is 4.79 Å². The monoisotopic (exact) mass is 420 g/mol. The van der Waals surface area contributed by atoms with Gasteiger partial charge in [0.25, 0.3) is 11.8 Å². The third-order valence-corrected chi connectivity index (χ3v) is 7.29. The molecule has 0 bridgehead atoms. The number of carboxylic acids is 1. The number of carbonyl (C=O) groups excluding carboxylic acids is 1. The number of alkyl halides is 2. The molecule has 0 spiro atoms. The lowest BCUT2D eigenvalue weighted by Gasteiger charge is -2.35. The predicted octanol–water partition coefficient (Wildman–Crippen LogP) is 2.37. The predicted molar refractivity (Wildman–Crippen MR) is 93.8 cm³/mol. The molecule has 3 rings (SSSR count). The van der Waals surface area contributed by atoms with Crippen LogP contribution in [0.4, 0.5) is 18.9 Å². The van der Waals surface area contributed by atoms with E-state index in [4.69, 9.17) is 5.11 Å². The smallest absolute Gasteiger partial charge is 0.338 e. The summed E-state index contributed by atoms with van der Waals surface area (Å²) in [6.45, 7) is 0.515. The lowest BCUT2D eigenvalue weighted by molar-refractivity contribution is -0.0118. The molecular weight excluding hydrogens is 401 g/mol. The van der Waals surface area contributed by atoms with Crippen LogP contribution in [0, 0.1) is 5.82 Å². The Morgan fingerprint density at radius 1 is 1.18 bits per heavy atom. The molecule has 7 nitrogen and oxygen atoms in total. The molecule has 2 aliphatic rings. The van der Waals surface area contributed by atoms with E-state index in [1.54, 1.807) is 0 Å². The summed E-state index contributed by atoms with van der Waals surface area (Å²) in [6, 6.07) is 1.75. The molecule has 1 saturated heterocycles. The van der Waals surface area contributed by atoms with Gasteiger partial charge in [-0.15, -0.1) is 0 Å². The van der Waals surface area contributed by atoms with Crippen LogP contribution in [0.3, 0.4) is 0 Å². The van der Waals surface area contributed by atoms with Crippen LogP contribution in [-0.2, 0) is 10.0 Å². The van der Waals surface area contributed by atoms with Crippen LogP contribution in [-0.4, -0.2) is 49.2 Å². The first kappa shape index (κ1) is 20.4. The van der Waals surface area contributed by atoms with E-state index in [1.807, 2.05) is 4.72 Å². The summed E-state index contributed by atoms with van der Waals surface area (Å²) in [6.07, 6.45) is 0.291. The number of benzene rings is 1. The van der Waals surface area contributed by atoms with Gasteiger partial charge in [-0.25, -0.2) is 31.1 Å². The Hall–Kier alpha value is -2.30. The maximum absolute atomic E-state index is 14.9. The first-order valence-corrected chi connectivity index (χ1v) is 10.1. The van der Waals surface area contributed by atoms with Crippen molar-refractivity contribution in [1.29, 1.82) is 0 Å². The van der Waals surface area contributed by atoms with Crippen LogP contribution in [0.25, 0.3) is 0 Å². The lowest BCUT2D eigenvalue weighted by atomic mass is 10.0. The molecule has 11 heteroatoms. The van der Waals surface area contributed by atoms with Crippen molar-refractivity contribution in [3.63, 3.8) is 0 Å². The van der Waals surface area contributed by atoms with Gasteiger partial charge in [0.15, 0.2) is 5.82 Å². The molecule has 1 aromatic rings. The number of halogens is 3. The fourth-order valence-electron chi connectivity index (χ4n) is 3.12. The average molecular weight is 420 g/mol. The van der Waals surface area contributed by atoms with Gasteiger partial charge >= 0.3 is 5.97 Å². The Bertz CT molecular complexity index is 944. The number of sulfonamides is 1. The molecule has 0 radical (unpaired) electrons. The van der Waals surface area contributed by atoms with Crippen LogP contribution in [0.15, 0.2) is 12.1 Å². The maximum atomic E-state index is 14.9. The number of rotatable bonds is 5. The van der Waals surface area contributed by atoms with Crippen molar-refractivity contribution in [3.05, 3.63) is 29.1 Å². The Labute approximate surface area is 159 Å². The quantitative estimate of drug-likeness (QED) is 0.758. The van der Waals surface area contributed by atoms with E-state index in [1.165, 1.54) is 6.92 Å². The second kappa shape index (κ2) is 6.64. The summed E-state index contributed by atoms with van der Waals surface area (Å²) < 4.78 is 67.8. The number of carboxylic acid groups (broad SMARTS) is 1. The van der Waals surface area contributed by atoms with Gasteiger partial charge in [0.05, 0.1) is 28.1 Å². The zero-order valence-electron chi connectivity index (χ0n) is 15.0. The van der Waals surface area contributed by atoms with E-state index < -0.39 is 68.2 Å². The standard InChI is InChI=1S/C17H19F3N2O5S/c1-16(6-7-16)28(26,27)21-14(23)11-4-3-10(15(24)25)12(18)13(11)22-8-2-5-17(19,20)9-22/h3-4H,2,5-9H2,1H3,(H,21,23)(H,24,25). The second-order valence-electron chi connectivity index (χ2n) is 7.39. The molecule has 1 saturated carbocycles. The summed E-state index contributed by atoms with van der Waals surface area (Å²) in [7, 11) is -4.05. The number of nitrogens with one attached hydrogen (secondary N) is 1. The minimum absolute atomic E-state index is 0.00116. The molecule has 0 atom stereocenters. The maximum Gasteiger partial charge on any atom is 0.338 e. The van der Waals surface area contributed by atoms with Gasteiger partial charge in [0.1, 0.15) is 0 Å². The number of hydrogen-bond acceptors (Lipinski definition) is 5. The Balaban J connectivity index is 2.04. The molecule has 0 unspecified atom stereocenters. The number of carbonyl (C=O) groups is 2. The van der Waals surface area contributed by atoms with E-state index >= 15 is 0 Å². The number of anilines is 1. The minimum atomic E-state index is -4.05. The van der Waals surface area contributed by atoms with Gasteiger partial charge in [0.2, 0.25) is 10.0 Å². The van der Waals surface area contributed by atoms with E-state index in [-0.39, 0.29) is 13.0 Å². The zero-order valence-corrected chi connectivity index (χ0v) is 15.8. The van der Waals surface area contributed by atoms with E-state index in [9.17, 15) is 31.2 Å². The molecule has 1 aromatic carbocycles. The number of nitrogens with zero attached hydrogens (tertiary/aromatic N) is 1. The molecule has 2 fully saturated rings. The third kappa shape index (κ3) is 3.67. The van der Waals surface area contributed by atoms with Crippen LogP contribution in [0.1, 0.15) is 53.3 Å². The highest BCUT2D eigenvalue weighted by Crippen LogP contribution is 2.42. The summed E-state index contributed by atoms with van der Waals surface area (Å²) in [5.41, 5.74) is -1.93. The highest BCUT2D eigenvalue weighted by molar-refractivity contribution is 7.91. The molecular formula is C17H19F3N2O5S. The first-order chi connectivity index (χ1) is 12.9.